The van der Waals surface area contributed by atoms with E-state index < -0.39 is 0 Å². The Hall–Kier alpha value is -0.0800. The van der Waals surface area contributed by atoms with Gasteiger partial charge in [0.05, 0.1) is 11.7 Å². The summed E-state index contributed by atoms with van der Waals surface area (Å²) in [5, 5.41) is 19.8. The molecule has 2 nitrogen and oxygen atoms in total. The molecule has 0 amide bonds. The molecule has 2 unspecified atom stereocenters. The molecule has 0 spiro atoms. The number of fused-ring (bicyclic) bond motifs is 1. The molecule has 2 N–H and O–H groups in total. The van der Waals surface area contributed by atoms with Gasteiger partial charge in [-0.3, -0.25) is 0 Å². The van der Waals surface area contributed by atoms with Crippen LogP contribution in [0.3, 0.4) is 0 Å². The quantitative estimate of drug-likeness (QED) is 0.691. The fraction of sp³-hybridized carbons (Fsp3) is 1.00. The van der Waals surface area contributed by atoms with E-state index in [9.17, 15) is 10.2 Å². The first-order valence-corrected chi connectivity index (χ1v) is 5.58. The SMILES string of the molecule is OC(CC1CC2CC1(O)C2)C1CC1. The zero-order valence-electron chi connectivity index (χ0n) is 7.95. The molecule has 0 aromatic rings. The summed E-state index contributed by atoms with van der Waals surface area (Å²) in [6.07, 6.45) is 6.33. The van der Waals surface area contributed by atoms with Crippen LogP contribution in [0.15, 0.2) is 0 Å². The van der Waals surface area contributed by atoms with Gasteiger partial charge in [-0.2, -0.15) is 0 Å². The Kier molecular flexibility index (Phi) is 1.58. The van der Waals surface area contributed by atoms with Crippen molar-refractivity contribution in [2.24, 2.45) is 17.8 Å². The molecule has 0 heterocycles. The normalized spacial score (nSPS) is 50.3. The largest absolute Gasteiger partial charge is 0.393 e. The van der Waals surface area contributed by atoms with Crippen molar-refractivity contribution >= 4 is 0 Å². The van der Waals surface area contributed by atoms with Crippen molar-refractivity contribution in [2.75, 3.05) is 0 Å². The van der Waals surface area contributed by atoms with Gasteiger partial charge >= 0.3 is 0 Å². The first-order chi connectivity index (χ1) is 6.17. The molecule has 0 aromatic heterocycles. The summed E-state index contributed by atoms with van der Waals surface area (Å²) in [5.74, 6) is 1.76. The molecular weight excluding hydrogens is 164 g/mol. The summed E-state index contributed by atoms with van der Waals surface area (Å²) in [6.45, 7) is 0. The fourth-order valence-electron chi connectivity index (χ4n) is 3.34. The number of hydrogen-bond acceptors (Lipinski definition) is 2. The van der Waals surface area contributed by atoms with E-state index in [4.69, 9.17) is 0 Å². The highest BCUT2D eigenvalue weighted by atomic mass is 16.3. The van der Waals surface area contributed by atoms with Crippen LogP contribution in [0.4, 0.5) is 0 Å². The van der Waals surface area contributed by atoms with Crippen LogP contribution in [0.25, 0.3) is 0 Å². The van der Waals surface area contributed by atoms with Crippen molar-refractivity contribution < 1.29 is 10.2 Å². The van der Waals surface area contributed by atoms with Gasteiger partial charge in [0.25, 0.3) is 0 Å². The summed E-state index contributed by atoms with van der Waals surface area (Å²) < 4.78 is 0. The molecule has 4 fully saturated rings. The molecular formula is C11H18O2. The third kappa shape index (κ3) is 1.23. The van der Waals surface area contributed by atoms with E-state index in [-0.39, 0.29) is 11.7 Å². The van der Waals surface area contributed by atoms with Crippen molar-refractivity contribution in [3.8, 4) is 0 Å². The second-order valence-corrected chi connectivity index (χ2v) is 5.45. The zero-order valence-corrected chi connectivity index (χ0v) is 7.95. The number of aliphatic hydroxyl groups excluding tert-OH is 1. The summed E-state index contributed by atoms with van der Waals surface area (Å²) >= 11 is 0. The Morgan fingerprint density at radius 2 is 2.00 bits per heavy atom. The van der Waals surface area contributed by atoms with Gasteiger partial charge in [0.2, 0.25) is 0 Å². The minimum Gasteiger partial charge on any atom is -0.393 e. The van der Waals surface area contributed by atoms with Gasteiger partial charge in [0.15, 0.2) is 0 Å². The van der Waals surface area contributed by atoms with Crippen LogP contribution in [0.1, 0.15) is 38.5 Å². The van der Waals surface area contributed by atoms with E-state index in [0.29, 0.717) is 11.8 Å². The highest BCUT2D eigenvalue weighted by Gasteiger charge is 2.56. The Morgan fingerprint density at radius 3 is 2.46 bits per heavy atom. The molecule has 0 aliphatic heterocycles. The van der Waals surface area contributed by atoms with E-state index in [1.54, 1.807) is 0 Å². The van der Waals surface area contributed by atoms with E-state index >= 15 is 0 Å². The van der Waals surface area contributed by atoms with Gasteiger partial charge < -0.3 is 10.2 Å². The van der Waals surface area contributed by atoms with Crippen molar-refractivity contribution in [2.45, 2.75) is 50.2 Å². The highest BCUT2D eigenvalue weighted by molar-refractivity contribution is 5.08. The van der Waals surface area contributed by atoms with E-state index in [1.807, 2.05) is 0 Å². The molecule has 2 bridgehead atoms. The maximum atomic E-state index is 10.1. The lowest BCUT2D eigenvalue weighted by atomic mass is 9.76. The summed E-state index contributed by atoms with van der Waals surface area (Å²) in [5.41, 5.74) is -0.361. The summed E-state index contributed by atoms with van der Waals surface area (Å²) in [6, 6.07) is 0. The van der Waals surface area contributed by atoms with E-state index in [2.05, 4.69) is 0 Å². The number of aliphatic hydroxyl groups is 2. The van der Waals surface area contributed by atoms with Crippen LogP contribution in [0.5, 0.6) is 0 Å². The van der Waals surface area contributed by atoms with Crippen LogP contribution in [0, 0.1) is 17.8 Å². The standard InChI is InChI=1S/C11H18O2/c12-10(8-1-2-8)4-9-3-7-5-11(9,13)6-7/h7-10,12-13H,1-6H2. The van der Waals surface area contributed by atoms with Crippen molar-refractivity contribution in [3.63, 3.8) is 0 Å². The Morgan fingerprint density at radius 1 is 1.31 bits per heavy atom. The molecule has 4 saturated carbocycles. The third-order valence-electron chi connectivity index (χ3n) is 4.35. The molecule has 2 heteroatoms. The van der Waals surface area contributed by atoms with Crippen LogP contribution in [0.2, 0.25) is 0 Å². The fourth-order valence-corrected chi connectivity index (χ4v) is 3.34. The Labute approximate surface area is 79.0 Å². The van der Waals surface area contributed by atoms with E-state index in [0.717, 1.165) is 25.2 Å². The molecule has 0 radical (unpaired) electrons. The number of rotatable bonds is 3. The van der Waals surface area contributed by atoms with Gasteiger partial charge in [-0.05, 0) is 56.3 Å². The minimum absolute atomic E-state index is 0.117. The van der Waals surface area contributed by atoms with Crippen molar-refractivity contribution in [3.05, 3.63) is 0 Å². The predicted octanol–water partition coefficient (Wildman–Crippen LogP) is 1.31. The summed E-state index contributed by atoms with van der Waals surface area (Å²) in [7, 11) is 0. The average Bonchev–Trinajstić information content (AvgIpc) is 2.75. The smallest absolute Gasteiger partial charge is 0.0682 e. The minimum atomic E-state index is -0.361. The van der Waals surface area contributed by atoms with Gasteiger partial charge in [0, 0.05) is 0 Å². The molecule has 2 atom stereocenters. The predicted molar refractivity (Wildman–Crippen MR) is 49.1 cm³/mol. The average molecular weight is 182 g/mol. The van der Waals surface area contributed by atoms with Crippen LogP contribution in [-0.4, -0.2) is 21.9 Å². The van der Waals surface area contributed by atoms with Crippen LogP contribution in [-0.2, 0) is 0 Å². The third-order valence-corrected chi connectivity index (χ3v) is 4.35. The molecule has 4 aliphatic rings. The Bertz CT molecular complexity index is 216. The summed E-state index contributed by atoms with van der Waals surface area (Å²) in [4.78, 5) is 0. The zero-order chi connectivity index (χ0) is 9.05. The topological polar surface area (TPSA) is 40.5 Å². The van der Waals surface area contributed by atoms with Crippen LogP contribution < -0.4 is 0 Å². The molecule has 13 heavy (non-hydrogen) atoms. The maximum Gasteiger partial charge on any atom is 0.0682 e. The first kappa shape index (κ1) is 8.25. The lowest BCUT2D eigenvalue weighted by Gasteiger charge is -2.36. The number of hydrogen-bond donors (Lipinski definition) is 2. The highest BCUT2D eigenvalue weighted by Crippen LogP contribution is 2.57. The van der Waals surface area contributed by atoms with Gasteiger partial charge in [0.1, 0.15) is 0 Å². The second kappa shape index (κ2) is 2.48. The lowest BCUT2D eigenvalue weighted by molar-refractivity contribution is -0.0604. The molecule has 0 aromatic carbocycles. The van der Waals surface area contributed by atoms with E-state index in [1.165, 1.54) is 19.3 Å². The Balaban J connectivity index is 1.60. The molecule has 4 rings (SSSR count). The lowest BCUT2D eigenvalue weighted by Crippen LogP contribution is -2.40. The second-order valence-electron chi connectivity index (χ2n) is 5.45. The van der Waals surface area contributed by atoms with Gasteiger partial charge in [-0.1, -0.05) is 0 Å². The van der Waals surface area contributed by atoms with Gasteiger partial charge in [-0.15, -0.1) is 0 Å². The monoisotopic (exact) mass is 182 g/mol. The van der Waals surface area contributed by atoms with Crippen LogP contribution >= 0.6 is 0 Å². The first-order valence-electron chi connectivity index (χ1n) is 5.58. The molecule has 74 valence electrons. The van der Waals surface area contributed by atoms with Crippen molar-refractivity contribution in [1.29, 1.82) is 0 Å². The van der Waals surface area contributed by atoms with Gasteiger partial charge in [-0.25, -0.2) is 0 Å². The maximum absolute atomic E-state index is 10.1. The molecule has 0 saturated heterocycles. The molecule has 4 aliphatic carbocycles. The van der Waals surface area contributed by atoms with Crippen molar-refractivity contribution in [1.82, 2.24) is 0 Å².